The average molecular weight is 605 g/mol. The highest BCUT2D eigenvalue weighted by molar-refractivity contribution is 8.00. The highest BCUT2D eigenvalue weighted by atomic mass is 32.2. The van der Waals surface area contributed by atoms with E-state index >= 15 is 0 Å². The minimum Gasteiger partial charge on any atom is -0.477 e. The Labute approximate surface area is 241 Å². The molecule has 4 heterocycles. The molecule has 2 unspecified atom stereocenters. The molecule has 2 aliphatic heterocycles. The Morgan fingerprint density at radius 2 is 2.02 bits per heavy atom. The zero-order valence-corrected chi connectivity index (χ0v) is 23.2. The summed E-state index contributed by atoms with van der Waals surface area (Å²) < 4.78 is 5.69. The van der Waals surface area contributed by atoms with Crippen molar-refractivity contribution in [2.45, 2.75) is 18.0 Å². The number of nitrogens with one attached hydrogen (secondary N) is 3. The van der Waals surface area contributed by atoms with Gasteiger partial charge in [0.15, 0.2) is 24.1 Å². The number of nitrogen functional groups attached to an aromatic ring is 1. The van der Waals surface area contributed by atoms with Gasteiger partial charge in [0.1, 0.15) is 17.1 Å². The summed E-state index contributed by atoms with van der Waals surface area (Å²) in [7, 11) is 1.86. The van der Waals surface area contributed by atoms with Crippen molar-refractivity contribution in [1.82, 2.24) is 24.9 Å². The molecule has 2 aromatic heterocycles. The molecule has 18 heteroatoms. The average Bonchev–Trinajstić information content (AvgIpc) is 3.37. The monoisotopic (exact) mass is 604 g/mol. The van der Waals surface area contributed by atoms with Crippen molar-refractivity contribution in [3.05, 3.63) is 54.0 Å². The van der Waals surface area contributed by atoms with Gasteiger partial charge in [-0.25, -0.2) is 14.2 Å². The second-order valence-electron chi connectivity index (χ2n) is 8.62. The minimum atomic E-state index is -1.51. The minimum absolute atomic E-state index is 0.00706. The molecule has 41 heavy (non-hydrogen) atoms. The summed E-state index contributed by atoms with van der Waals surface area (Å²) in [5.41, 5.74) is 6.35. The number of pyridine rings is 1. The first kappa shape index (κ1) is 29.4. The Hall–Kier alpha value is -4.55. The van der Waals surface area contributed by atoms with Crippen molar-refractivity contribution in [1.29, 1.82) is 0 Å². The molecule has 2 amide bonds. The van der Waals surface area contributed by atoms with Crippen LogP contribution in [0, 0.1) is 0 Å². The molecular formula is C23H26N9O7S2+. The molecule has 16 nitrogen and oxygen atoms in total. The quantitative estimate of drug-likeness (QED) is 0.0301. The van der Waals surface area contributed by atoms with Gasteiger partial charge >= 0.3 is 11.9 Å². The second-order valence-corrected chi connectivity index (χ2v) is 10.5. The molecule has 2 aliphatic rings. The lowest BCUT2D eigenvalue weighted by atomic mass is 10.0. The van der Waals surface area contributed by atoms with E-state index < -0.39 is 46.6 Å². The highest BCUT2D eigenvalue weighted by Crippen LogP contribution is 2.40. The number of β-lactam (4-membered cyclic amide) rings is 1. The summed E-state index contributed by atoms with van der Waals surface area (Å²) in [6.45, 7) is 4.95. The number of hydrogen-bond donors (Lipinski definition) is 6. The number of hydrogen-bond acceptors (Lipinski definition) is 13. The van der Waals surface area contributed by atoms with E-state index in [0.717, 1.165) is 35.2 Å². The van der Waals surface area contributed by atoms with Gasteiger partial charge in [-0.05, 0) is 13.6 Å². The third kappa shape index (κ3) is 6.61. The SMILES string of the molecule is C=C(ON=C(C(=O)NC1C(=O)N2C(C(=O)O)=C(C[n+]3ccc(NCCNC)cc3)CSC12)c1nsc(N)n1)C(=O)O. The van der Waals surface area contributed by atoms with Crippen molar-refractivity contribution in [3.63, 3.8) is 0 Å². The molecule has 1 fully saturated rings. The van der Waals surface area contributed by atoms with Crippen molar-refractivity contribution < 1.29 is 38.8 Å². The van der Waals surface area contributed by atoms with Gasteiger partial charge in [-0.15, -0.1) is 11.8 Å². The number of aromatic nitrogens is 3. The standard InChI is InChI=1S/C23H25N9O7S2/c1-11(21(35)36)39-29-14(17-28-23(24)41-30-17)18(33)27-15-19(34)32-16(22(37)38)12(10-40-20(15)32)9-31-7-3-13(4-8-31)26-6-5-25-2/h3-4,7-8,15,20,25H,1,5-6,9-10H2,2H3,(H5,24,27,28,30,33,35,36,37,38)/p+1. The van der Waals surface area contributed by atoms with Gasteiger partial charge in [0.25, 0.3) is 11.8 Å². The maximum absolute atomic E-state index is 13.1. The largest absolute Gasteiger partial charge is 0.477 e. The van der Waals surface area contributed by atoms with Crippen molar-refractivity contribution in [2.75, 3.05) is 36.9 Å². The Bertz CT molecular complexity index is 1440. The number of nitrogens with two attached hydrogens (primary N) is 1. The van der Waals surface area contributed by atoms with E-state index in [9.17, 15) is 24.3 Å². The number of oxime groups is 1. The van der Waals surface area contributed by atoms with Crippen LogP contribution in [0.1, 0.15) is 5.82 Å². The van der Waals surface area contributed by atoms with Crippen LogP contribution in [0.25, 0.3) is 0 Å². The summed E-state index contributed by atoms with van der Waals surface area (Å²) in [5, 5.41) is 30.5. The van der Waals surface area contributed by atoms with Crippen LogP contribution >= 0.6 is 23.3 Å². The van der Waals surface area contributed by atoms with Crippen molar-refractivity contribution in [2.24, 2.45) is 5.16 Å². The number of fused-ring (bicyclic) bond motifs is 1. The maximum atomic E-state index is 13.1. The van der Waals surface area contributed by atoms with Gasteiger partial charge in [-0.3, -0.25) is 14.5 Å². The van der Waals surface area contributed by atoms with E-state index in [4.69, 9.17) is 15.7 Å². The lowest BCUT2D eigenvalue weighted by Gasteiger charge is -2.49. The molecule has 0 bridgehead atoms. The van der Waals surface area contributed by atoms with Gasteiger partial charge in [0.05, 0.1) is 0 Å². The first-order chi connectivity index (χ1) is 19.6. The summed E-state index contributed by atoms with van der Waals surface area (Å²) in [4.78, 5) is 59.1. The van der Waals surface area contributed by atoms with E-state index in [1.165, 1.54) is 11.8 Å². The number of carbonyl (C=O) groups excluding carboxylic acids is 2. The molecule has 0 aromatic carbocycles. The van der Waals surface area contributed by atoms with Crippen LogP contribution in [0.5, 0.6) is 0 Å². The van der Waals surface area contributed by atoms with Gasteiger partial charge in [0, 0.05) is 53.8 Å². The first-order valence-electron chi connectivity index (χ1n) is 12.0. The zero-order valence-electron chi connectivity index (χ0n) is 21.6. The second kappa shape index (κ2) is 12.7. The lowest BCUT2D eigenvalue weighted by Crippen LogP contribution is -2.71. The van der Waals surface area contributed by atoms with Crippen LogP contribution in [-0.2, 0) is 30.6 Å². The predicted molar refractivity (Wildman–Crippen MR) is 147 cm³/mol. The lowest BCUT2D eigenvalue weighted by molar-refractivity contribution is -0.688. The molecule has 2 aromatic rings. The number of aliphatic carboxylic acids is 2. The van der Waals surface area contributed by atoms with Crippen LogP contribution in [-0.4, -0.2) is 91.2 Å². The molecule has 4 rings (SSSR count). The number of carbonyl (C=O) groups is 4. The molecule has 216 valence electrons. The summed E-state index contributed by atoms with van der Waals surface area (Å²) >= 11 is 2.05. The first-order valence-corrected chi connectivity index (χ1v) is 13.8. The number of thioether (sulfide) groups is 1. The molecule has 0 spiro atoms. The molecular weight excluding hydrogens is 578 g/mol. The van der Waals surface area contributed by atoms with Gasteiger partial charge in [-0.2, -0.15) is 9.36 Å². The Balaban J connectivity index is 1.48. The fourth-order valence-corrected chi connectivity index (χ4v) is 5.67. The predicted octanol–water partition coefficient (Wildman–Crippen LogP) is -1.20. The number of anilines is 2. The molecule has 1 saturated heterocycles. The van der Waals surface area contributed by atoms with Gasteiger partial charge < -0.3 is 36.7 Å². The molecule has 7 N–H and O–H groups in total. The van der Waals surface area contributed by atoms with Gasteiger partial charge in [-0.1, -0.05) is 5.16 Å². The van der Waals surface area contributed by atoms with E-state index in [2.05, 4.69) is 37.0 Å². The van der Waals surface area contributed by atoms with Crippen molar-refractivity contribution in [3.8, 4) is 0 Å². The number of amides is 2. The Morgan fingerprint density at radius 3 is 2.63 bits per heavy atom. The third-order valence-corrected chi connectivity index (χ3v) is 7.74. The summed E-state index contributed by atoms with van der Waals surface area (Å²) in [6.07, 6.45) is 3.63. The van der Waals surface area contributed by atoms with E-state index in [1.54, 1.807) is 0 Å². The fraction of sp³-hybridized carbons (Fsp3) is 0.304. The number of rotatable bonds is 13. The third-order valence-electron chi connectivity index (χ3n) is 5.86. The highest BCUT2D eigenvalue weighted by Gasteiger charge is 2.55. The van der Waals surface area contributed by atoms with Gasteiger partial charge in [0.2, 0.25) is 17.3 Å². The molecule has 0 radical (unpaired) electrons. The molecule has 0 saturated carbocycles. The fourth-order valence-electron chi connectivity index (χ4n) is 3.90. The number of likely N-dealkylation sites (N-methyl/N-ethyl adjacent to an activating group) is 1. The Morgan fingerprint density at radius 1 is 1.29 bits per heavy atom. The number of carboxylic acids is 2. The van der Waals surface area contributed by atoms with Crippen LogP contribution in [0.2, 0.25) is 0 Å². The molecule has 0 aliphatic carbocycles. The van der Waals surface area contributed by atoms with Crippen LogP contribution in [0.4, 0.5) is 10.8 Å². The van der Waals surface area contributed by atoms with E-state index in [-0.39, 0.29) is 23.2 Å². The maximum Gasteiger partial charge on any atom is 0.374 e. The summed E-state index contributed by atoms with van der Waals surface area (Å²) in [6, 6.07) is 2.65. The zero-order chi connectivity index (χ0) is 29.7. The number of carboxylic acid groups (broad SMARTS) is 2. The smallest absolute Gasteiger partial charge is 0.374 e. The Kier molecular flexibility index (Phi) is 9.15. The normalized spacial score (nSPS) is 18.3. The molecule has 2 atom stereocenters. The van der Waals surface area contributed by atoms with Crippen molar-refractivity contribution >= 4 is 63.6 Å². The topological polar surface area (TPSA) is 225 Å². The van der Waals surface area contributed by atoms with Crippen LogP contribution in [0.3, 0.4) is 0 Å². The summed E-state index contributed by atoms with van der Waals surface area (Å²) in [5.74, 6) is -5.10. The number of nitrogens with zero attached hydrogens (tertiary/aromatic N) is 5. The van der Waals surface area contributed by atoms with E-state index in [0.29, 0.717) is 11.3 Å². The van der Waals surface area contributed by atoms with Crippen LogP contribution in [0.15, 0.2) is 53.3 Å². The van der Waals surface area contributed by atoms with E-state index in [1.807, 2.05) is 36.1 Å². The van der Waals surface area contributed by atoms with Crippen LogP contribution < -0.4 is 26.3 Å².